The molecule has 18 heavy (non-hydrogen) atoms. The molecule has 3 nitrogen and oxygen atoms in total. The Morgan fingerprint density at radius 1 is 1.06 bits per heavy atom. The number of aliphatic hydroxyl groups excluding tert-OH is 1. The van der Waals surface area contributed by atoms with Gasteiger partial charge in [0.1, 0.15) is 0 Å². The standard InChI is InChI=1S/C15H28N2O/c1-12-9-16-8-3-2-6-14(16)11-17(12)10-13-5-4-7-15(13)18/h12-15,18H,2-11H2,1H3. The molecule has 2 aliphatic heterocycles. The van der Waals surface area contributed by atoms with E-state index >= 15 is 0 Å². The van der Waals surface area contributed by atoms with Gasteiger partial charge in [-0.3, -0.25) is 9.80 Å². The Morgan fingerprint density at radius 2 is 1.94 bits per heavy atom. The fourth-order valence-electron chi connectivity index (χ4n) is 4.20. The second kappa shape index (κ2) is 5.48. The first-order valence-electron chi connectivity index (χ1n) is 7.90. The zero-order valence-electron chi connectivity index (χ0n) is 11.7. The van der Waals surface area contributed by atoms with Crippen molar-refractivity contribution in [3.05, 3.63) is 0 Å². The molecule has 0 aromatic carbocycles. The van der Waals surface area contributed by atoms with Crippen LogP contribution in [0.2, 0.25) is 0 Å². The van der Waals surface area contributed by atoms with E-state index in [1.807, 2.05) is 0 Å². The summed E-state index contributed by atoms with van der Waals surface area (Å²) in [4.78, 5) is 5.36. The molecule has 0 amide bonds. The lowest BCUT2D eigenvalue weighted by Gasteiger charge is -2.48. The van der Waals surface area contributed by atoms with Gasteiger partial charge in [0.05, 0.1) is 6.10 Å². The van der Waals surface area contributed by atoms with Crippen molar-refractivity contribution in [1.82, 2.24) is 9.80 Å². The van der Waals surface area contributed by atoms with Crippen molar-refractivity contribution in [2.24, 2.45) is 5.92 Å². The zero-order chi connectivity index (χ0) is 12.5. The van der Waals surface area contributed by atoms with Crippen molar-refractivity contribution in [1.29, 1.82) is 0 Å². The van der Waals surface area contributed by atoms with Gasteiger partial charge in [-0.25, -0.2) is 0 Å². The summed E-state index contributed by atoms with van der Waals surface area (Å²) >= 11 is 0. The highest BCUT2D eigenvalue weighted by Gasteiger charge is 2.35. The smallest absolute Gasteiger partial charge is 0.0580 e. The number of piperazine rings is 1. The molecule has 1 N–H and O–H groups in total. The summed E-state index contributed by atoms with van der Waals surface area (Å²) in [5, 5.41) is 10.0. The number of hydrogen-bond acceptors (Lipinski definition) is 3. The van der Waals surface area contributed by atoms with Gasteiger partial charge < -0.3 is 5.11 Å². The molecule has 3 aliphatic rings. The third-order valence-corrected chi connectivity index (χ3v) is 5.40. The molecular weight excluding hydrogens is 224 g/mol. The first-order chi connectivity index (χ1) is 8.74. The average molecular weight is 252 g/mol. The lowest BCUT2D eigenvalue weighted by atomic mass is 9.95. The van der Waals surface area contributed by atoms with Crippen LogP contribution in [0.25, 0.3) is 0 Å². The maximum Gasteiger partial charge on any atom is 0.0580 e. The van der Waals surface area contributed by atoms with Crippen molar-refractivity contribution < 1.29 is 5.11 Å². The van der Waals surface area contributed by atoms with E-state index in [4.69, 9.17) is 0 Å². The van der Waals surface area contributed by atoms with Crippen LogP contribution < -0.4 is 0 Å². The Bertz CT molecular complexity index is 284. The third kappa shape index (κ3) is 2.59. The quantitative estimate of drug-likeness (QED) is 0.810. The zero-order valence-corrected chi connectivity index (χ0v) is 11.7. The minimum absolute atomic E-state index is 0.0263. The number of piperidine rings is 1. The molecule has 1 saturated carbocycles. The van der Waals surface area contributed by atoms with Gasteiger partial charge in [0.25, 0.3) is 0 Å². The number of nitrogens with zero attached hydrogens (tertiary/aromatic N) is 2. The molecule has 2 saturated heterocycles. The van der Waals surface area contributed by atoms with E-state index in [0.29, 0.717) is 12.0 Å². The fraction of sp³-hybridized carbons (Fsp3) is 1.00. The molecule has 0 spiro atoms. The highest BCUT2D eigenvalue weighted by atomic mass is 16.3. The summed E-state index contributed by atoms with van der Waals surface area (Å²) in [6.07, 6.45) is 7.66. The van der Waals surface area contributed by atoms with Crippen LogP contribution in [0.4, 0.5) is 0 Å². The molecule has 4 unspecified atom stereocenters. The molecule has 3 fully saturated rings. The van der Waals surface area contributed by atoms with Gasteiger partial charge in [-0.15, -0.1) is 0 Å². The van der Waals surface area contributed by atoms with Gasteiger partial charge in [0, 0.05) is 31.7 Å². The second-order valence-electron chi connectivity index (χ2n) is 6.71. The molecule has 0 bridgehead atoms. The van der Waals surface area contributed by atoms with Gasteiger partial charge in [0.15, 0.2) is 0 Å². The van der Waals surface area contributed by atoms with Crippen molar-refractivity contribution in [3.8, 4) is 0 Å². The Kier molecular flexibility index (Phi) is 3.92. The first kappa shape index (κ1) is 12.9. The van der Waals surface area contributed by atoms with Gasteiger partial charge in [0.2, 0.25) is 0 Å². The highest BCUT2D eigenvalue weighted by Crippen LogP contribution is 2.29. The van der Waals surface area contributed by atoms with Gasteiger partial charge >= 0.3 is 0 Å². The van der Waals surface area contributed by atoms with Gasteiger partial charge in [-0.1, -0.05) is 12.8 Å². The summed E-state index contributed by atoms with van der Waals surface area (Å²) in [5.41, 5.74) is 0. The Hall–Kier alpha value is -0.120. The number of aliphatic hydroxyl groups is 1. The van der Waals surface area contributed by atoms with Crippen LogP contribution in [0, 0.1) is 5.92 Å². The second-order valence-corrected chi connectivity index (χ2v) is 6.71. The molecule has 1 aliphatic carbocycles. The molecule has 0 aromatic heterocycles. The van der Waals surface area contributed by atoms with E-state index in [-0.39, 0.29) is 6.10 Å². The summed E-state index contributed by atoms with van der Waals surface area (Å²) in [6.45, 7) is 7.30. The summed E-state index contributed by atoms with van der Waals surface area (Å²) < 4.78 is 0. The third-order valence-electron chi connectivity index (χ3n) is 5.40. The maximum absolute atomic E-state index is 10.0. The normalized spacial score (nSPS) is 43.0. The monoisotopic (exact) mass is 252 g/mol. The predicted octanol–water partition coefficient (Wildman–Crippen LogP) is 1.71. The Balaban J connectivity index is 1.58. The molecule has 3 heteroatoms. The Labute approximate surface area is 111 Å². The average Bonchev–Trinajstić information content (AvgIpc) is 2.76. The van der Waals surface area contributed by atoms with Crippen LogP contribution in [-0.2, 0) is 0 Å². The Morgan fingerprint density at radius 3 is 2.72 bits per heavy atom. The number of rotatable bonds is 2. The van der Waals surface area contributed by atoms with Crippen LogP contribution in [0.1, 0.15) is 45.4 Å². The largest absolute Gasteiger partial charge is 0.393 e. The molecule has 4 atom stereocenters. The molecule has 104 valence electrons. The van der Waals surface area contributed by atoms with Gasteiger partial charge in [-0.05, 0) is 45.1 Å². The van der Waals surface area contributed by atoms with Crippen molar-refractivity contribution in [3.63, 3.8) is 0 Å². The highest BCUT2D eigenvalue weighted by molar-refractivity contribution is 4.91. The van der Waals surface area contributed by atoms with E-state index in [0.717, 1.165) is 19.0 Å². The van der Waals surface area contributed by atoms with Crippen LogP contribution in [0.5, 0.6) is 0 Å². The molecule has 3 rings (SSSR count). The number of fused-ring (bicyclic) bond motifs is 1. The van der Waals surface area contributed by atoms with E-state index in [1.54, 1.807) is 0 Å². The number of hydrogen-bond donors (Lipinski definition) is 1. The van der Waals surface area contributed by atoms with E-state index in [2.05, 4.69) is 16.7 Å². The topological polar surface area (TPSA) is 26.7 Å². The minimum atomic E-state index is -0.0263. The van der Waals surface area contributed by atoms with E-state index in [1.165, 1.54) is 51.7 Å². The van der Waals surface area contributed by atoms with E-state index in [9.17, 15) is 5.11 Å². The molecule has 0 aromatic rings. The molecule has 2 heterocycles. The molecular formula is C15H28N2O. The van der Waals surface area contributed by atoms with Crippen molar-refractivity contribution >= 4 is 0 Å². The minimum Gasteiger partial charge on any atom is -0.393 e. The predicted molar refractivity (Wildman–Crippen MR) is 73.6 cm³/mol. The van der Waals surface area contributed by atoms with Crippen LogP contribution in [-0.4, -0.2) is 59.3 Å². The van der Waals surface area contributed by atoms with Crippen molar-refractivity contribution in [2.75, 3.05) is 26.2 Å². The lowest BCUT2D eigenvalue weighted by Crippen LogP contribution is -2.59. The van der Waals surface area contributed by atoms with E-state index < -0.39 is 0 Å². The first-order valence-corrected chi connectivity index (χ1v) is 7.90. The maximum atomic E-state index is 10.0. The molecule has 0 radical (unpaired) electrons. The summed E-state index contributed by atoms with van der Waals surface area (Å²) in [6, 6.07) is 1.47. The van der Waals surface area contributed by atoms with Crippen LogP contribution in [0.15, 0.2) is 0 Å². The van der Waals surface area contributed by atoms with Crippen LogP contribution >= 0.6 is 0 Å². The van der Waals surface area contributed by atoms with Crippen molar-refractivity contribution in [2.45, 2.75) is 63.6 Å². The SMILES string of the molecule is CC1CN2CCCCC2CN1CC1CCCC1O. The summed E-state index contributed by atoms with van der Waals surface area (Å²) in [5.74, 6) is 0.544. The van der Waals surface area contributed by atoms with Crippen LogP contribution in [0.3, 0.4) is 0 Å². The summed E-state index contributed by atoms with van der Waals surface area (Å²) in [7, 11) is 0. The lowest BCUT2D eigenvalue weighted by molar-refractivity contribution is -0.00308. The fourth-order valence-corrected chi connectivity index (χ4v) is 4.20. The van der Waals surface area contributed by atoms with Gasteiger partial charge in [-0.2, -0.15) is 0 Å².